The van der Waals surface area contributed by atoms with E-state index in [0.29, 0.717) is 5.88 Å². The van der Waals surface area contributed by atoms with Gasteiger partial charge in [0.05, 0.1) is 6.10 Å². The normalized spacial score (nSPS) is 21.7. The SMILES string of the molecule is OC1CCN(c2nccnc2OC2CNC2)CC1. The highest BCUT2D eigenvalue weighted by Gasteiger charge is 2.25. The van der Waals surface area contributed by atoms with Crippen LogP contribution in [0.3, 0.4) is 0 Å². The van der Waals surface area contributed by atoms with Crippen LogP contribution in [0, 0.1) is 0 Å². The van der Waals surface area contributed by atoms with E-state index < -0.39 is 0 Å². The van der Waals surface area contributed by atoms with Crippen molar-refractivity contribution in [3.63, 3.8) is 0 Å². The van der Waals surface area contributed by atoms with Crippen LogP contribution in [0.25, 0.3) is 0 Å². The van der Waals surface area contributed by atoms with Crippen molar-refractivity contribution in [2.45, 2.75) is 25.0 Å². The van der Waals surface area contributed by atoms with Crippen LogP contribution in [0.4, 0.5) is 5.82 Å². The summed E-state index contributed by atoms with van der Waals surface area (Å²) in [5.74, 6) is 1.41. The van der Waals surface area contributed by atoms with E-state index in [9.17, 15) is 5.11 Å². The van der Waals surface area contributed by atoms with E-state index in [2.05, 4.69) is 20.2 Å². The lowest BCUT2D eigenvalue weighted by Gasteiger charge is -2.33. The molecule has 0 aromatic carbocycles. The summed E-state index contributed by atoms with van der Waals surface area (Å²) in [5, 5.41) is 12.7. The molecule has 2 saturated heterocycles. The Kier molecular flexibility index (Phi) is 3.29. The van der Waals surface area contributed by atoms with Crippen LogP contribution in [-0.2, 0) is 0 Å². The van der Waals surface area contributed by atoms with Crippen LogP contribution in [-0.4, -0.2) is 53.5 Å². The van der Waals surface area contributed by atoms with Gasteiger partial charge in [0, 0.05) is 38.6 Å². The molecule has 3 rings (SSSR count). The average molecular weight is 250 g/mol. The summed E-state index contributed by atoms with van der Waals surface area (Å²) in [7, 11) is 0. The zero-order valence-corrected chi connectivity index (χ0v) is 10.2. The van der Waals surface area contributed by atoms with Crippen LogP contribution in [0.1, 0.15) is 12.8 Å². The van der Waals surface area contributed by atoms with Gasteiger partial charge in [-0.15, -0.1) is 0 Å². The molecule has 0 spiro atoms. The molecule has 6 heteroatoms. The molecule has 18 heavy (non-hydrogen) atoms. The molecule has 2 aliphatic heterocycles. The number of nitrogens with zero attached hydrogens (tertiary/aromatic N) is 3. The van der Waals surface area contributed by atoms with E-state index in [4.69, 9.17) is 4.74 Å². The second-order valence-corrected chi connectivity index (χ2v) is 4.80. The highest BCUT2D eigenvalue weighted by molar-refractivity contribution is 5.48. The Morgan fingerprint density at radius 2 is 1.94 bits per heavy atom. The first-order valence-corrected chi connectivity index (χ1v) is 6.44. The lowest BCUT2D eigenvalue weighted by molar-refractivity contribution is 0.133. The standard InChI is InChI=1S/C12H18N4O2/c17-9-1-5-16(6-2-9)11-12(15-4-3-14-11)18-10-7-13-8-10/h3-4,9-10,13,17H,1-2,5-8H2. The van der Waals surface area contributed by atoms with Gasteiger partial charge in [-0.05, 0) is 12.8 Å². The van der Waals surface area contributed by atoms with Crippen LogP contribution in [0.5, 0.6) is 5.88 Å². The van der Waals surface area contributed by atoms with E-state index in [1.807, 2.05) is 0 Å². The zero-order valence-electron chi connectivity index (χ0n) is 10.2. The van der Waals surface area contributed by atoms with Gasteiger partial charge >= 0.3 is 0 Å². The number of piperidine rings is 1. The van der Waals surface area contributed by atoms with Crippen LogP contribution >= 0.6 is 0 Å². The maximum absolute atomic E-state index is 9.53. The molecular weight excluding hydrogens is 232 g/mol. The third-order valence-corrected chi connectivity index (χ3v) is 3.43. The Hall–Kier alpha value is -1.40. The first-order valence-electron chi connectivity index (χ1n) is 6.44. The summed E-state index contributed by atoms with van der Waals surface area (Å²) in [6, 6.07) is 0. The lowest BCUT2D eigenvalue weighted by Crippen LogP contribution is -2.50. The summed E-state index contributed by atoms with van der Waals surface area (Å²) in [6.07, 6.45) is 4.92. The third kappa shape index (κ3) is 2.39. The number of rotatable bonds is 3. The molecule has 2 fully saturated rings. The van der Waals surface area contributed by atoms with Crippen molar-refractivity contribution < 1.29 is 9.84 Å². The number of anilines is 1. The van der Waals surface area contributed by atoms with Crippen molar-refractivity contribution in [2.75, 3.05) is 31.1 Å². The number of ether oxygens (including phenoxy) is 1. The van der Waals surface area contributed by atoms with Gasteiger partial charge in [0.15, 0.2) is 5.82 Å². The molecule has 0 saturated carbocycles. The van der Waals surface area contributed by atoms with Gasteiger partial charge in [0.25, 0.3) is 5.88 Å². The van der Waals surface area contributed by atoms with Crippen molar-refractivity contribution in [1.29, 1.82) is 0 Å². The summed E-state index contributed by atoms with van der Waals surface area (Å²) in [5.41, 5.74) is 0. The topological polar surface area (TPSA) is 70.5 Å². The molecule has 0 bridgehead atoms. The van der Waals surface area contributed by atoms with E-state index in [1.54, 1.807) is 12.4 Å². The fourth-order valence-corrected chi connectivity index (χ4v) is 2.20. The minimum atomic E-state index is -0.182. The van der Waals surface area contributed by atoms with Gasteiger partial charge in [0.1, 0.15) is 6.10 Å². The van der Waals surface area contributed by atoms with Crippen molar-refractivity contribution in [3.8, 4) is 5.88 Å². The zero-order chi connectivity index (χ0) is 12.4. The van der Waals surface area contributed by atoms with E-state index in [0.717, 1.165) is 44.8 Å². The maximum atomic E-state index is 9.53. The molecular formula is C12H18N4O2. The molecule has 1 aromatic rings. The predicted molar refractivity (Wildman–Crippen MR) is 66.8 cm³/mol. The van der Waals surface area contributed by atoms with Gasteiger partial charge in [-0.2, -0.15) is 0 Å². The van der Waals surface area contributed by atoms with Gasteiger partial charge in [0.2, 0.25) is 0 Å². The lowest BCUT2D eigenvalue weighted by atomic mass is 10.1. The first-order chi connectivity index (χ1) is 8.83. The summed E-state index contributed by atoms with van der Waals surface area (Å²) in [6.45, 7) is 3.35. The number of hydrogen-bond donors (Lipinski definition) is 2. The molecule has 0 aliphatic carbocycles. The van der Waals surface area contributed by atoms with Gasteiger partial charge in [-0.25, -0.2) is 9.97 Å². The average Bonchev–Trinajstić information content (AvgIpc) is 2.35. The molecule has 6 nitrogen and oxygen atoms in total. The van der Waals surface area contributed by atoms with E-state index in [-0.39, 0.29) is 12.2 Å². The second-order valence-electron chi connectivity index (χ2n) is 4.80. The van der Waals surface area contributed by atoms with Crippen LogP contribution in [0.2, 0.25) is 0 Å². The molecule has 0 amide bonds. The highest BCUT2D eigenvalue weighted by Crippen LogP contribution is 2.26. The van der Waals surface area contributed by atoms with Crippen molar-refractivity contribution >= 4 is 5.82 Å². The monoisotopic (exact) mass is 250 g/mol. The molecule has 2 N–H and O–H groups in total. The van der Waals surface area contributed by atoms with Crippen molar-refractivity contribution in [3.05, 3.63) is 12.4 Å². The number of hydrogen-bond acceptors (Lipinski definition) is 6. The minimum Gasteiger partial charge on any atom is -0.469 e. The first kappa shape index (κ1) is 11.7. The quantitative estimate of drug-likeness (QED) is 0.773. The molecule has 0 atom stereocenters. The fourth-order valence-electron chi connectivity index (χ4n) is 2.20. The predicted octanol–water partition coefficient (Wildman–Crippen LogP) is -0.212. The molecule has 0 radical (unpaired) electrons. The van der Waals surface area contributed by atoms with Crippen molar-refractivity contribution in [1.82, 2.24) is 15.3 Å². The Morgan fingerprint density at radius 3 is 2.61 bits per heavy atom. The second kappa shape index (κ2) is 5.07. The molecule has 0 unspecified atom stereocenters. The van der Waals surface area contributed by atoms with Crippen molar-refractivity contribution in [2.24, 2.45) is 0 Å². The van der Waals surface area contributed by atoms with Gasteiger partial charge < -0.3 is 20.1 Å². The van der Waals surface area contributed by atoms with Crippen LogP contribution in [0.15, 0.2) is 12.4 Å². The van der Waals surface area contributed by atoms with Gasteiger partial charge in [-0.1, -0.05) is 0 Å². The number of nitrogens with one attached hydrogen (secondary N) is 1. The number of aliphatic hydroxyl groups is 1. The number of aliphatic hydroxyl groups excluding tert-OH is 1. The summed E-state index contributed by atoms with van der Waals surface area (Å²) in [4.78, 5) is 10.8. The Morgan fingerprint density at radius 1 is 1.22 bits per heavy atom. The van der Waals surface area contributed by atoms with E-state index >= 15 is 0 Å². The smallest absolute Gasteiger partial charge is 0.257 e. The molecule has 98 valence electrons. The fraction of sp³-hybridized carbons (Fsp3) is 0.667. The molecule has 1 aromatic heterocycles. The molecule has 2 aliphatic rings. The Labute approximate surface area is 106 Å². The Balaban J connectivity index is 1.73. The third-order valence-electron chi connectivity index (χ3n) is 3.43. The number of aromatic nitrogens is 2. The van der Waals surface area contributed by atoms with Gasteiger partial charge in [-0.3, -0.25) is 0 Å². The highest BCUT2D eigenvalue weighted by atomic mass is 16.5. The van der Waals surface area contributed by atoms with Crippen LogP contribution < -0.4 is 15.0 Å². The Bertz CT molecular complexity index is 403. The largest absolute Gasteiger partial charge is 0.469 e. The summed E-state index contributed by atoms with van der Waals surface area (Å²) < 4.78 is 5.82. The molecule has 3 heterocycles. The maximum Gasteiger partial charge on any atom is 0.257 e. The summed E-state index contributed by atoms with van der Waals surface area (Å²) >= 11 is 0. The van der Waals surface area contributed by atoms with E-state index in [1.165, 1.54) is 0 Å². The minimum absolute atomic E-state index is 0.182.